The van der Waals surface area contributed by atoms with E-state index in [-0.39, 0.29) is 23.7 Å². The van der Waals surface area contributed by atoms with Gasteiger partial charge in [0.05, 0.1) is 11.4 Å². The number of carbonyl (C=O) groups excluding carboxylic acids is 1. The third kappa shape index (κ3) is 3.56. The minimum Gasteiger partial charge on any atom is -0.362 e. The van der Waals surface area contributed by atoms with Crippen molar-refractivity contribution in [1.82, 2.24) is 23.8 Å². The molecule has 1 saturated heterocycles. The first-order valence-corrected chi connectivity index (χ1v) is 10.4. The topological polar surface area (TPSA) is 85.4 Å². The van der Waals surface area contributed by atoms with Crippen LogP contribution in [0.3, 0.4) is 0 Å². The minimum atomic E-state index is -0.343. The van der Waals surface area contributed by atoms with Crippen molar-refractivity contribution in [3.8, 4) is 5.69 Å². The molecule has 0 spiro atoms. The van der Waals surface area contributed by atoms with Crippen LogP contribution in [-0.2, 0) is 13.6 Å². The molecule has 2 aromatic heterocycles. The van der Waals surface area contributed by atoms with Crippen molar-refractivity contribution in [3.63, 3.8) is 0 Å². The molecule has 0 unspecified atom stereocenters. The van der Waals surface area contributed by atoms with Crippen molar-refractivity contribution in [3.05, 3.63) is 74.8 Å². The number of benzene rings is 1. The molecule has 4 rings (SSSR count). The van der Waals surface area contributed by atoms with Gasteiger partial charge in [-0.05, 0) is 32.0 Å². The van der Waals surface area contributed by atoms with Gasteiger partial charge in [-0.25, -0.2) is 4.79 Å². The lowest BCUT2D eigenvalue weighted by molar-refractivity contribution is 0.0735. The number of carbonyl (C=O) groups is 1. The van der Waals surface area contributed by atoms with Gasteiger partial charge in [0.1, 0.15) is 11.4 Å². The first-order valence-electron chi connectivity index (χ1n) is 10.4. The van der Waals surface area contributed by atoms with E-state index in [4.69, 9.17) is 0 Å². The number of aromatic nitrogens is 4. The van der Waals surface area contributed by atoms with Crippen LogP contribution in [0.15, 0.2) is 52.2 Å². The molecular formula is C22H26N6O3. The maximum atomic E-state index is 13.2. The van der Waals surface area contributed by atoms with Gasteiger partial charge in [-0.2, -0.15) is 5.10 Å². The third-order valence-corrected chi connectivity index (χ3v) is 5.80. The number of para-hydroxylation sites is 1. The zero-order valence-corrected chi connectivity index (χ0v) is 18.0. The van der Waals surface area contributed by atoms with Crippen molar-refractivity contribution in [2.75, 3.05) is 31.1 Å². The molecule has 1 aliphatic heterocycles. The fourth-order valence-corrected chi connectivity index (χ4v) is 4.14. The van der Waals surface area contributed by atoms with E-state index >= 15 is 0 Å². The second-order valence-corrected chi connectivity index (χ2v) is 7.56. The smallest absolute Gasteiger partial charge is 0.335 e. The monoisotopic (exact) mass is 422 g/mol. The van der Waals surface area contributed by atoms with E-state index in [0.717, 1.165) is 5.69 Å². The van der Waals surface area contributed by atoms with E-state index in [9.17, 15) is 14.4 Å². The molecule has 31 heavy (non-hydrogen) atoms. The van der Waals surface area contributed by atoms with E-state index in [2.05, 4.69) is 5.10 Å². The summed E-state index contributed by atoms with van der Waals surface area (Å²) >= 11 is 0. The molecule has 1 aliphatic rings. The Morgan fingerprint density at radius 3 is 2.29 bits per heavy atom. The average Bonchev–Trinajstić information content (AvgIpc) is 3.20. The molecule has 3 aromatic rings. The van der Waals surface area contributed by atoms with Crippen molar-refractivity contribution in [1.29, 1.82) is 0 Å². The van der Waals surface area contributed by atoms with Crippen LogP contribution in [0.4, 0.5) is 5.69 Å². The number of hydrogen-bond donors (Lipinski definition) is 0. The first-order chi connectivity index (χ1) is 14.9. The lowest BCUT2D eigenvalue weighted by Gasteiger charge is -2.36. The van der Waals surface area contributed by atoms with Crippen LogP contribution in [-0.4, -0.2) is 55.9 Å². The number of anilines is 1. The van der Waals surface area contributed by atoms with Crippen LogP contribution < -0.4 is 16.1 Å². The largest absolute Gasteiger partial charge is 0.362 e. The molecule has 1 aromatic carbocycles. The van der Waals surface area contributed by atoms with E-state index < -0.39 is 0 Å². The number of hydrogen-bond acceptors (Lipinski definition) is 5. The zero-order chi connectivity index (χ0) is 22.1. The molecule has 0 bridgehead atoms. The van der Waals surface area contributed by atoms with Gasteiger partial charge in [0, 0.05) is 46.0 Å². The number of rotatable bonds is 4. The normalized spacial score (nSPS) is 14.2. The fourth-order valence-electron chi connectivity index (χ4n) is 4.14. The third-order valence-electron chi connectivity index (χ3n) is 5.80. The highest BCUT2D eigenvalue weighted by atomic mass is 16.2. The lowest BCUT2D eigenvalue weighted by atomic mass is 10.2. The highest BCUT2D eigenvalue weighted by Gasteiger charge is 2.28. The molecule has 0 saturated carbocycles. The quantitative estimate of drug-likeness (QED) is 0.627. The van der Waals surface area contributed by atoms with Gasteiger partial charge in [-0.15, -0.1) is 0 Å². The highest BCUT2D eigenvalue weighted by molar-refractivity contribution is 5.92. The molecular weight excluding hydrogens is 396 g/mol. The van der Waals surface area contributed by atoms with Crippen molar-refractivity contribution < 1.29 is 4.79 Å². The molecule has 1 amide bonds. The van der Waals surface area contributed by atoms with Crippen molar-refractivity contribution >= 4 is 11.6 Å². The van der Waals surface area contributed by atoms with Gasteiger partial charge < -0.3 is 9.80 Å². The first kappa shape index (κ1) is 20.6. The Hall–Kier alpha value is -3.62. The molecule has 0 atom stereocenters. The Labute approximate surface area is 179 Å². The second-order valence-electron chi connectivity index (χ2n) is 7.56. The van der Waals surface area contributed by atoms with Crippen LogP contribution in [0, 0.1) is 6.92 Å². The van der Waals surface area contributed by atoms with Gasteiger partial charge in [-0.1, -0.05) is 18.2 Å². The molecule has 3 heterocycles. The van der Waals surface area contributed by atoms with Gasteiger partial charge in [0.15, 0.2) is 0 Å². The van der Waals surface area contributed by atoms with Crippen LogP contribution in [0.5, 0.6) is 0 Å². The van der Waals surface area contributed by atoms with Crippen LogP contribution in [0.1, 0.15) is 23.1 Å². The average molecular weight is 422 g/mol. The van der Waals surface area contributed by atoms with Gasteiger partial charge >= 0.3 is 5.69 Å². The standard InChI is InChI=1S/C22H26N6O3/c1-4-27-21(30)19(16(2)28(22(27)31)17-8-6-5-7-9-17)25-12-14-26(15-13-25)20(29)18-10-11-23-24(18)3/h5-11H,4,12-15H2,1-3H3. The summed E-state index contributed by atoms with van der Waals surface area (Å²) in [5.41, 5.74) is 1.75. The van der Waals surface area contributed by atoms with Crippen molar-refractivity contribution in [2.24, 2.45) is 7.05 Å². The van der Waals surface area contributed by atoms with Crippen LogP contribution >= 0.6 is 0 Å². The summed E-state index contributed by atoms with van der Waals surface area (Å²) in [4.78, 5) is 42.7. The predicted octanol–water partition coefficient (Wildman–Crippen LogP) is 1.02. The van der Waals surface area contributed by atoms with Crippen LogP contribution in [0.2, 0.25) is 0 Å². The van der Waals surface area contributed by atoms with Gasteiger partial charge in [0.25, 0.3) is 11.5 Å². The summed E-state index contributed by atoms with van der Waals surface area (Å²) in [6, 6.07) is 11.0. The molecule has 9 nitrogen and oxygen atoms in total. The second kappa shape index (κ2) is 8.25. The predicted molar refractivity (Wildman–Crippen MR) is 118 cm³/mol. The molecule has 0 radical (unpaired) electrons. The van der Waals surface area contributed by atoms with Crippen molar-refractivity contribution in [2.45, 2.75) is 20.4 Å². The Bertz CT molecular complexity index is 1220. The molecule has 1 fully saturated rings. The Morgan fingerprint density at radius 2 is 1.71 bits per heavy atom. The number of nitrogens with zero attached hydrogens (tertiary/aromatic N) is 6. The molecule has 0 N–H and O–H groups in total. The highest BCUT2D eigenvalue weighted by Crippen LogP contribution is 2.19. The number of aryl methyl sites for hydroxylation is 1. The Balaban J connectivity index is 1.68. The maximum Gasteiger partial charge on any atom is 0.335 e. The van der Waals surface area contributed by atoms with Gasteiger partial charge in [0.2, 0.25) is 0 Å². The summed E-state index contributed by atoms with van der Waals surface area (Å²) < 4.78 is 4.42. The SMILES string of the molecule is CCn1c(=O)c(N2CCN(C(=O)c3ccnn3C)CC2)c(C)n(-c2ccccc2)c1=O. The van der Waals surface area contributed by atoms with Crippen LogP contribution in [0.25, 0.3) is 5.69 Å². The van der Waals surface area contributed by atoms with Gasteiger partial charge in [-0.3, -0.25) is 23.4 Å². The summed E-state index contributed by atoms with van der Waals surface area (Å²) in [6.07, 6.45) is 1.60. The summed E-state index contributed by atoms with van der Waals surface area (Å²) in [5.74, 6) is -0.0726. The van der Waals surface area contributed by atoms with E-state index in [0.29, 0.717) is 43.3 Å². The summed E-state index contributed by atoms with van der Waals surface area (Å²) in [7, 11) is 1.74. The number of piperazine rings is 1. The maximum absolute atomic E-state index is 13.2. The molecule has 162 valence electrons. The van der Waals surface area contributed by atoms with E-state index in [1.54, 1.807) is 47.3 Å². The van der Waals surface area contributed by atoms with E-state index in [1.165, 1.54) is 4.57 Å². The molecule has 9 heteroatoms. The zero-order valence-electron chi connectivity index (χ0n) is 18.0. The Kier molecular flexibility index (Phi) is 5.50. The van der Waals surface area contributed by atoms with E-state index in [1.807, 2.05) is 35.2 Å². The lowest BCUT2D eigenvalue weighted by Crippen LogP contribution is -2.52. The fraction of sp³-hybridized carbons (Fsp3) is 0.364. The minimum absolute atomic E-state index is 0.0726. The number of amides is 1. The summed E-state index contributed by atoms with van der Waals surface area (Å²) in [5, 5.41) is 4.07. The summed E-state index contributed by atoms with van der Waals surface area (Å²) in [6.45, 7) is 5.88. The molecule has 0 aliphatic carbocycles. The Morgan fingerprint density at radius 1 is 1.03 bits per heavy atom.